The average molecular weight is 380 g/mol. The van der Waals surface area contributed by atoms with Crippen molar-refractivity contribution < 1.29 is 14.6 Å². The number of anilines is 1. The molecule has 1 aliphatic carbocycles. The van der Waals surface area contributed by atoms with Gasteiger partial charge in [0.05, 0.1) is 6.61 Å². The maximum atomic E-state index is 12.2. The third kappa shape index (κ3) is 3.42. The quantitative estimate of drug-likeness (QED) is 0.655. The first-order chi connectivity index (χ1) is 13.2. The summed E-state index contributed by atoms with van der Waals surface area (Å²) in [5, 5.41) is 12.4. The highest BCUT2D eigenvalue weighted by Gasteiger charge is 2.28. The minimum atomic E-state index is -0.539. The van der Waals surface area contributed by atoms with E-state index in [1.54, 1.807) is 18.2 Å². The van der Waals surface area contributed by atoms with Gasteiger partial charge in [-0.1, -0.05) is 60.1 Å². The smallest absolute Gasteiger partial charge is 0.411 e. The van der Waals surface area contributed by atoms with Crippen LogP contribution in [0.3, 0.4) is 0 Å². The molecule has 0 radical (unpaired) electrons. The molecule has 0 spiro atoms. The number of ether oxygens (including phenoxy) is 1. The van der Waals surface area contributed by atoms with Crippen LogP contribution in [0.25, 0.3) is 11.1 Å². The van der Waals surface area contributed by atoms with E-state index in [4.69, 9.17) is 16.3 Å². The normalized spacial score (nSPS) is 12.4. The predicted octanol–water partition coefficient (Wildman–Crippen LogP) is 5.19. The van der Waals surface area contributed by atoms with Crippen LogP contribution in [0.5, 0.6) is 0 Å². The third-order valence-electron chi connectivity index (χ3n) is 4.81. The molecule has 136 valence electrons. The van der Waals surface area contributed by atoms with Crippen molar-refractivity contribution in [1.29, 1.82) is 0 Å². The highest BCUT2D eigenvalue weighted by Crippen LogP contribution is 2.44. The zero-order valence-corrected chi connectivity index (χ0v) is 15.2. The second-order valence-corrected chi connectivity index (χ2v) is 6.82. The number of aliphatic hydroxyl groups is 1. The molecule has 3 aromatic carbocycles. The number of fused-ring (bicyclic) bond motifs is 3. The molecule has 3 aromatic rings. The lowest BCUT2D eigenvalue weighted by atomic mass is 9.98. The molecule has 0 saturated carbocycles. The number of carbonyl (C=O) groups excluding carboxylic acids is 1. The van der Waals surface area contributed by atoms with E-state index in [0.29, 0.717) is 16.3 Å². The Hall–Kier alpha value is -2.82. The van der Waals surface area contributed by atoms with Crippen molar-refractivity contribution in [2.75, 3.05) is 11.9 Å². The summed E-state index contributed by atoms with van der Waals surface area (Å²) in [5.74, 6) is 0.0152. The maximum Gasteiger partial charge on any atom is 0.411 e. The first-order valence-corrected chi connectivity index (χ1v) is 9.06. The zero-order chi connectivity index (χ0) is 18.8. The van der Waals surface area contributed by atoms with Gasteiger partial charge < -0.3 is 9.84 Å². The largest absolute Gasteiger partial charge is 0.448 e. The molecule has 27 heavy (non-hydrogen) atoms. The van der Waals surface area contributed by atoms with Gasteiger partial charge in [-0.25, -0.2) is 4.79 Å². The summed E-state index contributed by atoms with van der Waals surface area (Å²) in [7, 11) is 0. The fourth-order valence-electron chi connectivity index (χ4n) is 3.53. The van der Waals surface area contributed by atoms with Crippen LogP contribution >= 0.6 is 11.6 Å². The van der Waals surface area contributed by atoms with E-state index in [2.05, 4.69) is 29.6 Å². The van der Waals surface area contributed by atoms with E-state index in [-0.39, 0.29) is 19.1 Å². The Labute approximate surface area is 162 Å². The molecule has 1 amide bonds. The molecule has 2 N–H and O–H groups in total. The maximum absolute atomic E-state index is 12.2. The lowest BCUT2D eigenvalue weighted by molar-refractivity contribution is 0.158. The van der Waals surface area contributed by atoms with E-state index in [1.165, 1.54) is 22.3 Å². The molecule has 0 fully saturated rings. The van der Waals surface area contributed by atoms with Gasteiger partial charge in [-0.3, -0.25) is 5.32 Å². The minimum Gasteiger partial charge on any atom is -0.448 e. The third-order valence-corrected chi connectivity index (χ3v) is 5.17. The monoisotopic (exact) mass is 379 g/mol. The van der Waals surface area contributed by atoms with Crippen LogP contribution in [-0.4, -0.2) is 17.8 Å². The molecular formula is C22H18ClNO3. The van der Waals surface area contributed by atoms with Gasteiger partial charge in [-0.15, -0.1) is 0 Å². The lowest BCUT2D eigenvalue weighted by Gasteiger charge is -2.15. The van der Waals surface area contributed by atoms with E-state index in [1.807, 2.05) is 24.3 Å². The molecule has 0 heterocycles. The van der Waals surface area contributed by atoms with Gasteiger partial charge in [0, 0.05) is 16.6 Å². The Bertz CT molecular complexity index is 957. The van der Waals surface area contributed by atoms with Crippen molar-refractivity contribution in [3.8, 4) is 11.1 Å². The van der Waals surface area contributed by atoms with Gasteiger partial charge >= 0.3 is 6.09 Å². The number of carbonyl (C=O) groups is 1. The SMILES string of the molecule is O=C(Nc1ccc(Cl)c(CO)c1)OCC1c2ccccc2-c2ccccc21. The van der Waals surface area contributed by atoms with Gasteiger partial charge in [0.2, 0.25) is 0 Å². The molecule has 4 nitrogen and oxygen atoms in total. The van der Waals surface area contributed by atoms with Gasteiger partial charge in [-0.2, -0.15) is 0 Å². The Morgan fingerprint density at radius 1 is 1.00 bits per heavy atom. The fraction of sp³-hybridized carbons (Fsp3) is 0.136. The number of rotatable bonds is 4. The second kappa shape index (κ2) is 7.43. The number of halogens is 1. The summed E-state index contributed by atoms with van der Waals surface area (Å²) in [6.45, 7) is 0.0549. The van der Waals surface area contributed by atoms with Crippen molar-refractivity contribution in [1.82, 2.24) is 0 Å². The summed E-state index contributed by atoms with van der Waals surface area (Å²) in [4.78, 5) is 12.2. The molecule has 0 bridgehead atoms. The topological polar surface area (TPSA) is 58.6 Å². The molecular weight excluding hydrogens is 362 g/mol. The molecule has 5 heteroatoms. The summed E-state index contributed by atoms with van der Waals surface area (Å²) in [5.41, 5.74) is 5.79. The van der Waals surface area contributed by atoms with Crippen LogP contribution in [0, 0.1) is 0 Å². The Kier molecular flexibility index (Phi) is 4.84. The second-order valence-electron chi connectivity index (χ2n) is 6.41. The van der Waals surface area contributed by atoms with E-state index >= 15 is 0 Å². The van der Waals surface area contributed by atoms with Crippen molar-refractivity contribution >= 4 is 23.4 Å². The Morgan fingerprint density at radius 3 is 2.26 bits per heavy atom. The highest BCUT2D eigenvalue weighted by atomic mass is 35.5. The summed E-state index contributed by atoms with van der Waals surface area (Å²) in [6.07, 6.45) is -0.539. The number of nitrogens with one attached hydrogen (secondary N) is 1. The number of benzene rings is 3. The summed E-state index contributed by atoms with van der Waals surface area (Å²) >= 11 is 5.97. The standard InChI is InChI=1S/C22H18ClNO3/c23-21-10-9-15(11-14(21)12-25)24-22(26)27-13-20-18-7-3-1-5-16(18)17-6-2-4-8-19(17)20/h1-11,20,25H,12-13H2,(H,24,26). The Morgan fingerprint density at radius 2 is 1.63 bits per heavy atom. The van der Waals surface area contributed by atoms with Crippen molar-refractivity contribution in [2.24, 2.45) is 0 Å². The van der Waals surface area contributed by atoms with Crippen LogP contribution in [0.15, 0.2) is 66.7 Å². The van der Waals surface area contributed by atoms with Crippen LogP contribution in [0.2, 0.25) is 5.02 Å². The van der Waals surface area contributed by atoms with E-state index in [9.17, 15) is 9.90 Å². The molecule has 0 atom stereocenters. The number of hydrogen-bond acceptors (Lipinski definition) is 3. The van der Waals surface area contributed by atoms with Crippen molar-refractivity contribution in [3.63, 3.8) is 0 Å². The average Bonchev–Trinajstić information content (AvgIpc) is 3.02. The Balaban J connectivity index is 1.48. The van der Waals surface area contributed by atoms with Crippen LogP contribution in [0.1, 0.15) is 22.6 Å². The van der Waals surface area contributed by atoms with E-state index in [0.717, 1.165) is 0 Å². The minimum absolute atomic E-state index is 0.0152. The van der Waals surface area contributed by atoms with Gasteiger partial charge in [0.15, 0.2) is 0 Å². The van der Waals surface area contributed by atoms with E-state index < -0.39 is 6.09 Å². The van der Waals surface area contributed by atoms with Crippen LogP contribution < -0.4 is 5.32 Å². The lowest BCUT2D eigenvalue weighted by Crippen LogP contribution is -2.18. The van der Waals surface area contributed by atoms with Crippen molar-refractivity contribution in [2.45, 2.75) is 12.5 Å². The molecule has 4 rings (SSSR count). The first kappa shape index (κ1) is 17.6. The number of hydrogen-bond donors (Lipinski definition) is 2. The van der Waals surface area contributed by atoms with Crippen LogP contribution in [0.4, 0.5) is 10.5 Å². The zero-order valence-electron chi connectivity index (χ0n) is 14.5. The highest BCUT2D eigenvalue weighted by molar-refractivity contribution is 6.31. The number of amides is 1. The van der Waals surface area contributed by atoms with Crippen molar-refractivity contribution in [3.05, 3.63) is 88.4 Å². The summed E-state index contributed by atoms with van der Waals surface area (Å²) in [6, 6.07) is 21.3. The predicted molar refractivity (Wildman–Crippen MR) is 106 cm³/mol. The van der Waals surface area contributed by atoms with Gasteiger partial charge in [0.25, 0.3) is 0 Å². The molecule has 1 aliphatic rings. The summed E-state index contributed by atoms with van der Waals surface area (Å²) < 4.78 is 5.50. The molecule has 0 saturated heterocycles. The molecule has 0 aliphatic heterocycles. The fourth-order valence-corrected chi connectivity index (χ4v) is 3.70. The van der Waals surface area contributed by atoms with Gasteiger partial charge in [-0.05, 0) is 46.0 Å². The van der Waals surface area contributed by atoms with Crippen LogP contribution in [-0.2, 0) is 11.3 Å². The first-order valence-electron chi connectivity index (χ1n) is 8.68. The number of aliphatic hydroxyl groups excluding tert-OH is 1. The molecule has 0 unspecified atom stereocenters. The van der Waals surface area contributed by atoms with Gasteiger partial charge in [0.1, 0.15) is 6.61 Å². The molecule has 0 aromatic heterocycles.